The van der Waals surface area contributed by atoms with Crippen molar-refractivity contribution in [3.8, 4) is 11.1 Å². The molecule has 3 N–H and O–H groups in total. The number of carbonyl (C=O) groups excluding carboxylic acids is 2. The van der Waals surface area contributed by atoms with Gasteiger partial charge in [-0.2, -0.15) is 0 Å². The molecule has 0 aliphatic heterocycles. The quantitative estimate of drug-likeness (QED) is 0.522. The second-order valence-corrected chi connectivity index (χ2v) is 10.1. The van der Waals surface area contributed by atoms with Gasteiger partial charge in [-0.1, -0.05) is 67.8 Å². The smallest absolute Gasteiger partial charge is 0.407 e. The van der Waals surface area contributed by atoms with Gasteiger partial charge in [0, 0.05) is 12.0 Å². The van der Waals surface area contributed by atoms with E-state index in [-0.39, 0.29) is 24.5 Å². The Labute approximate surface area is 205 Å². The first-order valence-corrected chi connectivity index (χ1v) is 12.6. The fourth-order valence-corrected chi connectivity index (χ4v) is 5.55. The van der Waals surface area contributed by atoms with Gasteiger partial charge in [-0.3, -0.25) is 9.59 Å². The average molecular weight is 477 g/mol. The van der Waals surface area contributed by atoms with E-state index in [1.54, 1.807) is 0 Å². The lowest BCUT2D eigenvalue weighted by Crippen LogP contribution is -2.51. The Bertz CT molecular complexity index is 1070. The number of fused-ring (bicyclic) bond motifs is 3. The van der Waals surface area contributed by atoms with E-state index in [0.29, 0.717) is 25.2 Å². The van der Waals surface area contributed by atoms with Crippen LogP contribution in [0.5, 0.6) is 0 Å². The zero-order valence-corrected chi connectivity index (χ0v) is 19.7. The van der Waals surface area contributed by atoms with Crippen LogP contribution in [0.3, 0.4) is 0 Å². The van der Waals surface area contributed by atoms with Gasteiger partial charge in [0.05, 0.1) is 5.92 Å². The monoisotopic (exact) mass is 476 g/mol. The van der Waals surface area contributed by atoms with Crippen LogP contribution >= 0.6 is 0 Å². The number of carbonyl (C=O) groups is 3. The number of alkyl carbamates (subject to hydrolysis) is 1. The lowest BCUT2D eigenvalue weighted by Gasteiger charge is -2.29. The van der Waals surface area contributed by atoms with Crippen molar-refractivity contribution in [2.45, 2.75) is 62.9 Å². The molecule has 3 aliphatic carbocycles. The average Bonchev–Trinajstić information content (AvgIpc) is 3.63. The van der Waals surface area contributed by atoms with E-state index < -0.39 is 24.0 Å². The zero-order valence-electron chi connectivity index (χ0n) is 19.7. The van der Waals surface area contributed by atoms with Gasteiger partial charge in [-0.15, -0.1) is 0 Å². The second kappa shape index (κ2) is 10.1. The third-order valence-corrected chi connectivity index (χ3v) is 7.59. The Kier molecular flexibility index (Phi) is 6.75. The molecule has 1 unspecified atom stereocenters. The summed E-state index contributed by atoms with van der Waals surface area (Å²) in [7, 11) is 0. The highest BCUT2D eigenvalue weighted by molar-refractivity contribution is 5.86. The molecule has 0 aromatic heterocycles. The highest BCUT2D eigenvalue weighted by Crippen LogP contribution is 2.44. The van der Waals surface area contributed by atoms with Crippen molar-refractivity contribution in [3.63, 3.8) is 0 Å². The third kappa shape index (κ3) is 5.34. The predicted octanol–water partition coefficient (Wildman–Crippen LogP) is 4.45. The summed E-state index contributed by atoms with van der Waals surface area (Å²) in [6, 6.07) is 15.5. The van der Waals surface area contributed by atoms with Crippen LogP contribution in [0.25, 0.3) is 11.1 Å². The number of carboxylic acid groups (broad SMARTS) is 1. The molecule has 35 heavy (non-hydrogen) atoms. The van der Waals surface area contributed by atoms with Crippen LogP contribution in [-0.2, 0) is 14.3 Å². The van der Waals surface area contributed by atoms with E-state index in [1.165, 1.54) is 0 Å². The maximum atomic E-state index is 13.0. The van der Waals surface area contributed by atoms with E-state index in [9.17, 15) is 19.5 Å². The Morgan fingerprint density at radius 1 is 0.943 bits per heavy atom. The van der Waals surface area contributed by atoms with Crippen LogP contribution in [0, 0.1) is 11.8 Å². The van der Waals surface area contributed by atoms with Gasteiger partial charge in [-0.25, -0.2) is 4.79 Å². The number of carboxylic acids is 1. The Hall–Kier alpha value is -3.35. The van der Waals surface area contributed by atoms with Crippen molar-refractivity contribution in [1.29, 1.82) is 0 Å². The number of benzene rings is 2. The van der Waals surface area contributed by atoms with Crippen molar-refractivity contribution in [3.05, 3.63) is 59.7 Å². The summed E-state index contributed by atoms with van der Waals surface area (Å²) in [5, 5.41) is 15.1. The minimum absolute atomic E-state index is 0.0425. The molecule has 3 atom stereocenters. The van der Waals surface area contributed by atoms with Crippen molar-refractivity contribution in [1.82, 2.24) is 10.6 Å². The Morgan fingerprint density at radius 2 is 1.60 bits per heavy atom. The first-order valence-electron chi connectivity index (χ1n) is 12.6. The molecule has 0 heterocycles. The summed E-state index contributed by atoms with van der Waals surface area (Å²) in [5.74, 6) is -1.10. The standard InChI is InChI=1S/C28H32N2O5/c31-26(29-19-7-5-6-18(15-19)27(32)33)25(14-17-12-13-17)30-28(34)35-16-24-22-10-3-1-8-20(22)21-9-2-4-11-23(21)24/h1-4,8-11,17-19,24-25H,5-7,12-16H2,(H,29,31)(H,30,34)(H,32,33)/t18-,19+,25?/m1/s1. The van der Waals surface area contributed by atoms with E-state index in [4.69, 9.17) is 4.74 Å². The summed E-state index contributed by atoms with van der Waals surface area (Å²) in [6.45, 7) is 0.195. The molecule has 2 aromatic rings. The summed E-state index contributed by atoms with van der Waals surface area (Å²) in [4.78, 5) is 37.2. The maximum absolute atomic E-state index is 13.0. The van der Waals surface area contributed by atoms with Crippen molar-refractivity contribution in [2.75, 3.05) is 6.61 Å². The van der Waals surface area contributed by atoms with Crippen molar-refractivity contribution < 1.29 is 24.2 Å². The first-order chi connectivity index (χ1) is 17.0. The van der Waals surface area contributed by atoms with Crippen LogP contribution in [-0.4, -0.2) is 41.8 Å². The van der Waals surface area contributed by atoms with Gasteiger partial charge in [0.1, 0.15) is 12.6 Å². The van der Waals surface area contributed by atoms with E-state index in [1.807, 2.05) is 24.3 Å². The molecule has 0 bridgehead atoms. The van der Waals surface area contributed by atoms with Gasteiger partial charge >= 0.3 is 12.1 Å². The van der Waals surface area contributed by atoms with Gasteiger partial charge < -0.3 is 20.5 Å². The summed E-state index contributed by atoms with van der Waals surface area (Å²) in [5.41, 5.74) is 4.60. The molecule has 3 aliphatic rings. The van der Waals surface area contributed by atoms with Crippen molar-refractivity contribution >= 4 is 18.0 Å². The summed E-state index contributed by atoms with van der Waals surface area (Å²) in [6.07, 6.45) is 4.70. The van der Waals surface area contributed by atoms with Gasteiger partial charge in [0.25, 0.3) is 0 Å². The molecule has 5 rings (SSSR count). The molecule has 2 fully saturated rings. The van der Waals surface area contributed by atoms with Crippen molar-refractivity contribution in [2.24, 2.45) is 11.8 Å². The SMILES string of the molecule is O=C(NC(CC1CC1)C(=O)N[C@H]1CCC[C@@H](C(=O)O)C1)OCC1c2ccccc2-c2ccccc21. The largest absolute Gasteiger partial charge is 0.481 e. The highest BCUT2D eigenvalue weighted by Gasteiger charge is 2.34. The lowest BCUT2D eigenvalue weighted by molar-refractivity contribution is -0.143. The number of nitrogens with one attached hydrogen (secondary N) is 2. The van der Waals surface area contributed by atoms with Gasteiger partial charge in [-0.05, 0) is 53.9 Å². The van der Waals surface area contributed by atoms with Crippen LogP contribution in [0.2, 0.25) is 0 Å². The molecule has 184 valence electrons. The predicted molar refractivity (Wildman–Crippen MR) is 131 cm³/mol. The number of hydrogen-bond donors (Lipinski definition) is 3. The second-order valence-electron chi connectivity index (χ2n) is 10.1. The van der Waals surface area contributed by atoms with E-state index >= 15 is 0 Å². The Balaban J connectivity index is 1.20. The van der Waals surface area contributed by atoms with Crippen LogP contribution < -0.4 is 10.6 Å². The molecule has 7 nitrogen and oxygen atoms in total. The normalized spacial score (nSPS) is 21.9. The first kappa shape index (κ1) is 23.4. The minimum Gasteiger partial charge on any atom is -0.481 e. The molecule has 2 aromatic carbocycles. The molecule has 0 spiro atoms. The molecule has 7 heteroatoms. The number of rotatable bonds is 8. The summed E-state index contributed by atoms with van der Waals surface area (Å²) < 4.78 is 5.65. The van der Waals surface area contributed by atoms with Gasteiger partial charge in [0.15, 0.2) is 0 Å². The summed E-state index contributed by atoms with van der Waals surface area (Å²) >= 11 is 0. The fourth-order valence-electron chi connectivity index (χ4n) is 5.55. The molecule has 2 saturated carbocycles. The number of aliphatic carboxylic acids is 1. The van der Waals surface area contributed by atoms with Crippen LogP contribution in [0.1, 0.15) is 62.0 Å². The highest BCUT2D eigenvalue weighted by atomic mass is 16.5. The molecule has 0 saturated heterocycles. The fraction of sp³-hybridized carbons (Fsp3) is 0.464. The van der Waals surface area contributed by atoms with Gasteiger partial charge in [0.2, 0.25) is 5.91 Å². The molecular weight excluding hydrogens is 444 g/mol. The van der Waals surface area contributed by atoms with Crippen LogP contribution in [0.15, 0.2) is 48.5 Å². The Morgan fingerprint density at radius 3 is 2.23 bits per heavy atom. The maximum Gasteiger partial charge on any atom is 0.407 e. The molecule has 0 radical (unpaired) electrons. The molecule has 2 amide bonds. The van der Waals surface area contributed by atoms with Crippen LogP contribution in [0.4, 0.5) is 4.79 Å². The molecular formula is C28H32N2O5. The van der Waals surface area contributed by atoms with E-state index in [0.717, 1.165) is 47.9 Å². The number of ether oxygens (including phenoxy) is 1. The topological polar surface area (TPSA) is 105 Å². The number of amides is 2. The zero-order chi connectivity index (χ0) is 24.4. The minimum atomic E-state index is -0.810. The van der Waals surface area contributed by atoms with E-state index in [2.05, 4.69) is 34.9 Å². The lowest BCUT2D eigenvalue weighted by atomic mass is 9.85. The third-order valence-electron chi connectivity index (χ3n) is 7.59. The number of hydrogen-bond acceptors (Lipinski definition) is 4.